The number of rotatable bonds is 8. The van der Waals surface area contributed by atoms with Gasteiger partial charge in [0.05, 0.1) is 17.9 Å². The number of ether oxygens (including phenoxy) is 1. The lowest BCUT2D eigenvalue weighted by molar-refractivity contribution is -0.134. The summed E-state index contributed by atoms with van der Waals surface area (Å²) in [5, 5.41) is 4.14. The molecule has 2 aromatic heterocycles. The molecule has 188 valence electrons. The van der Waals surface area contributed by atoms with Crippen LogP contribution in [0.1, 0.15) is 31.4 Å². The quantitative estimate of drug-likeness (QED) is 0.352. The molecule has 0 spiro atoms. The number of primary amides is 1. The van der Waals surface area contributed by atoms with E-state index in [-0.39, 0.29) is 5.75 Å². The van der Waals surface area contributed by atoms with E-state index < -0.39 is 29.1 Å². The molecule has 1 saturated carbocycles. The number of benzene rings is 2. The average Bonchev–Trinajstić information content (AvgIpc) is 3.61. The number of aromatic nitrogens is 3. The second kappa shape index (κ2) is 9.50. The minimum absolute atomic E-state index is 0.0112. The summed E-state index contributed by atoms with van der Waals surface area (Å²) >= 11 is 0. The molecular weight excluding hydrogens is 473 g/mol. The van der Waals surface area contributed by atoms with Crippen LogP contribution in [-0.4, -0.2) is 26.6 Å². The molecule has 0 saturated heterocycles. The van der Waals surface area contributed by atoms with Gasteiger partial charge in [0, 0.05) is 42.8 Å². The molecule has 5 rings (SSSR count). The first-order chi connectivity index (χ1) is 17.8. The molecule has 2 aromatic carbocycles. The van der Waals surface area contributed by atoms with E-state index in [0.717, 1.165) is 11.1 Å². The second-order valence-corrected chi connectivity index (χ2v) is 9.20. The number of halogens is 1. The van der Waals surface area contributed by atoms with E-state index in [4.69, 9.17) is 10.5 Å². The highest BCUT2D eigenvalue weighted by Gasteiger charge is 2.57. The van der Waals surface area contributed by atoms with Crippen molar-refractivity contribution in [3.63, 3.8) is 0 Å². The molecule has 1 aliphatic rings. The summed E-state index contributed by atoms with van der Waals surface area (Å²) in [5.74, 6) is -1.36. The maximum atomic E-state index is 15.3. The van der Waals surface area contributed by atoms with Gasteiger partial charge in [0.2, 0.25) is 11.8 Å². The summed E-state index contributed by atoms with van der Waals surface area (Å²) < 4.78 is 22.8. The summed E-state index contributed by atoms with van der Waals surface area (Å²) in [6.07, 6.45) is 5.83. The first-order valence-electron chi connectivity index (χ1n) is 11.9. The van der Waals surface area contributed by atoms with Crippen LogP contribution in [-0.2, 0) is 16.6 Å². The van der Waals surface area contributed by atoms with E-state index in [1.165, 1.54) is 17.0 Å². The van der Waals surface area contributed by atoms with E-state index >= 15 is 4.39 Å². The number of amides is 2. The normalized spacial score (nSPS) is 14.6. The number of pyridine rings is 1. The second-order valence-electron chi connectivity index (χ2n) is 9.20. The van der Waals surface area contributed by atoms with Crippen LogP contribution in [0.25, 0.3) is 11.3 Å². The van der Waals surface area contributed by atoms with Gasteiger partial charge in [-0.25, -0.2) is 4.39 Å². The van der Waals surface area contributed by atoms with E-state index in [0.29, 0.717) is 30.0 Å². The fraction of sp³-hybridized carbons (Fsp3) is 0.214. The average molecular weight is 500 g/mol. The molecule has 2 amide bonds. The van der Waals surface area contributed by atoms with Crippen molar-refractivity contribution in [3.05, 3.63) is 90.6 Å². The number of hydrogen-bond acceptors (Lipinski definition) is 5. The Balaban J connectivity index is 1.46. The van der Waals surface area contributed by atoms with Crippen molar-refractivity contribution in [2.75, 3.05) is 4.90 Å². The monoisotopic (exact) mass is 499 g/mol. The van der Waals surface area contributed by atoms with Gasteiger partial charge in [0.15, 0.2) is 11.6 Å². The molecule has 4 aromatic rings. The van der Waals surface area contributed by atoms with Crippen LogP contribution in [0, 0.1) is 11.2 Å². The van der Waals surface area contributed by atoms with E-state index in [1.807, 2.05) is 50.5 Å². The molecule has 1 fully saturated rings. The number of nitrogens with two attached hydrogens (primary N) is 1. The Labute approximate surface area is 213 Å². The van der Waals surface area contributed by atoms with Gasteiger partial charge in [-0.15, -0.1) is 0 Å². The van der Waals surface area contributed by atoms with Gasteiger partial charge in [-0.1, -0.05) is 30.3 Å². The lowest BCUT2D eigenvalue weighted by Crippen LogP contribution is -2.44. The standard InChI is InChI=1S/C28H26FN5O3/c1-18(19-6-4-3-5-7-19)34(27(36)28(11-12-28)26(30)35)21-8-9-25(23(29)14-21)37-22-10-13-31-24(15-22)20-16-32-33(2)17-20/h3-10,13-18H,11-12H2,1-2H3,(H2,30,35). The summed E-state index contributed by atoms with van der Waals surface area (Å²) in [6.45, 7) is 1.84. The zero-order valence-electron chi connectivity index (χ0n) is 20.5. The SMILES string of the molecule is CC(c1ccccc1)N(C(=O)C1(C(N)=O)CC1)c1ccc(Oc2ccnc(-c3cnn(C)c3)c2)c(F)c1. The van der Waals surface area contributed by atoms with Gasteiger partial charge in [-0.2, -0.15) is 5.10 Å². The third-order valence-corrected chi connectivity index (χ3v) is 6.67. The maximum Gasteiger partial charge on any atom is 0.243 e. The van der Waals surface area contributed by atoms with Gasteiger partial charge in [0.25, 0.3) is 0 Å². The number of carbonyl (C=O) groups excluding carboxylic acids is 2. The highest BCUT2D eigenvalue weighted by atomic mass is 19.1. The number of anilines is 1. The lowest BCUT2D eigenvalue weighted by atomic mass is 9.99. The Kier molecular flexibility index (Phi) is 6.20. The van der Waals surface area contributed by atoms with Gasteiger partial charge < -0.3 is 15.4 Å². The van der Waals surface area contributed by atoms with Crippen LogP contribution in [0.15, 0.2) is 79.3 Å². The Morgan fingerprint density at radius 2 is 1.89 bits per heavy atom. The predicted molar refractivity (Wildman–Crippen MR) is 136 cm³/mol. The van der Waals surface area contributed by atoms with E-state index in [1.54, 1.807) is 35.3 Å². The molecule has 9 heteroatoms. The summed E-state index contributed by atoms with van der Waals surface area (Å²) in [6, 6.07) is 16.5. The fourth-order valence-electron chi connectivity index (χ4n) is 4.35. The van der Waals surface area contributed by atoms with Gasteiger partial charge in [-0.3, -0.25) is 19.3 Å². The van der Waals surface area contributed by atoms with Gasteiger partial charge >= 0.3 is 0 Å². The zero-order chi connectivity index (χ0) is 26.2. The molecule has 2 heterocycles. The van der Waals surface area contributed by atoms with E-state index in [9.17, 15) is 9.59 Å². The fourth-order valence-corrected chi connectivity index (χ4v) is 4.35. The first kappa shape index (κ1) is 24.2. The van der Waals surface area contributed by atoms with Crippen LogP contribution < -0.4 is 15.4 Å². The molecule has 1 aliphatic carbocycles. The molecule has 1 unspecified atom stereocenters. The summed E-state index contributed by atoms with van der Waals surface area (Å²) in [5.41, 5.74) is 6.93. The molecular formula is C28H26FN5O3. The Morgan fingerprint density at radius 1 is 1.14 bits per heavy atom. The first-order valence-corrected chi connectivity index (χ1v) is 11.9. The third kappa shape index (κ3) is 4.67. The highest BCUT2D eigenvalue weighted by Crippen LogP contribution is 2.49. The van der Waals surface area contributed by atoms with Crippen molar-refractivity contribution in [1.82, 2.24) is 14.8 Å². The molecule has 0 radical (unpaired) electrons. The van der Waals surface area contributed by atoms with Crippen molar-refractivity contribution < 1.29 is 18.7 Å². The van der Waals surface area contributed by atoms with Crippen LogP contribution >= 0.6 is 0 Å². The minimum Gasteiger partial charge on any atom is -0.454 e. The zero-order valence-corrected chi connectivity index (χ0v) is 20.5. The maximum absolute atomic E-state index is 15.3. The lowest BCUT2D eigenvalue weighted by Gasteiger charge is -2.32. The predicted octanol–water partition coefficient (Wildman–Crippen LogP) is 4.77. The van der Waals surface area contributed by atoms with E-state index in [2.05, 4.69) is 10.1 Å². The summed E-state index contributed by atoms with van der Waals surface area (Å²) in [4.78, 5) is 31.5. The van der Waals surface area contributed by atoms with Gasteiger partial charge in [0.1, 0.15) is 11.2 Å². The van der Waals surface area contributed by atoms with Crippen molar-refractivity contribution in [1.29, 1.82) is 0 Å². The van der Waals surface area contributed by atoms with Crippen LogP contribution in [0.3, 0.4) is 0 Å². The molecule has 1 atom stereocenters. The minimum atomic E-state index is -1.26. The Hall–Kier alpha value is -4.53. The summed E-state index contributed by atoms with van der Waals surface area (Å²) in [7, 11) is 1.81. The number of hydrogen-bond donors (Lipinski definition) is 1. The Bertz CT molecular complexity index is 1470. The van der Waals surface area contributed by atoms with Crippen molar-refractivity contribution in [2.45, 2.75) is 25.8 Å². The molecule has 8 nitrogen and oxygen atoms in total. The smallest absolute Gasteiger partial charge is 0.243 e. The van der Waals surface area contributed by atoms with Gasteiger partial charge in [-0.05, 0) is 43.5 Å². The Morgan fingerprint density at radius 3 is 2.51 bits per heavy atom. The van der Waals surface area contributed by atoms with Crippen LogP contribution in [0.2, 0.25) is 0 Å². The molecule has 0 aliphatic heterocycles. The largest absolute Gasteiger partial charge is 0.454 e. The third-order valence-electron chi connectivity index (χ3n) is 6.67. The topological polar surface area (TPSA) is 103 Å². The number of aryl methyl sites for hydroxylation is 1. The van der Waals surface area contributed by atoms with Crippen molar-refractivity contribution >= 4 is 17.5 Å². The number of carbonyl (C=O) groups is 2. The van der Waals surface area contributed by atoms with Crippen molar-refractivity contribution in [2.24, 2.45) is 18.2 Å². The highest BCUT2D eigenvalue weighted by molar-refractivity contribution is 6.13. The van der Waals surface area contributed by atoms with Crippen molar-refractivity contribution in [3.8, 4) is 22.8 Å². The number of nitrogens with zero attached hydrogens (tertiary/aromatic N) is 4. The van der Waals surface area contributed by atoms with Crippen LogP contribution in [0.4, 0.5) is 10.1 Å². The molecule has 0 bridgehead atoms. The molecule has 37 heavy (non-hydrogen) atoms. The van der Waals surface area contributed by atoms with Crippen LogP contribution in [0.5, 0.6) is 11.5 Å². The molecule has 2 N–H and O–H groups in total.